The number of aliphatic hydroxyl groups excluding tert-OH is 1. The molecule has 0 aromatic carbocycles. The van der Waals surface area contributed by atoms with Crippen LogP contribution < -0.4 is 0 Å². The van der Waals surface area contributed by atoms with Crippen molar-refractivity contribution in [1.29, 1.82) is 0 Å². The highest BCUT2D eigenvalue weighted by molar-refractivity contribution is 6.09. The minimum Gasteiger partial charge on any atom is -0.392 e. The molecule has 0 aliphatic carbocycles. The quantitative estimate of drug-likeness (QED) is 0.487. The van der Waals surface area contributed by atoms with Gasteiger partial charge in [0.05, 0.1) is 13.0 Å². The lowest BCUT2D eigenvalue weighted by atomic mass is 9.98. The molecule has 0 spiro atoms. The maximum atomic E-state index is 10.8. The Bertz CT molecular complexity index is 210. The molecule has 1 unspecified atom stereocenters. The van der Waals surface area contributed by atoms with Crippen molar-refractivity contribution >= 4 is 17.9 Å². The summed E-state index contributed by atoms with van der Waals surface area (Å²) in [6.45, 7) is 0.0864. The van der Waals surface area contributed by atoms with Gasteiger partial charge >= 0.3 is 0 Å². The predicted molar refractivity (Wildman–Crippen MR) is 38.0 cm³/mol. The Labute approximate surface area is 69.0 Å². The second-order valence-electron chi connectivity index (χ2n) is 2.42. The summed E-state index contributed by atoms with van der Waals surface area (Å²) < 4.78 is 0. The summed E-state index contributed by atoms with van der Waals surface area (Å²) in [5.74, 6) is -1.52. The molecule has 0 bridgehead atoms. The van der Waals surface area contributed by atoms with E-state index in [2.05, 4.69) is 0 Å². The molecule has 0 aromatic heterocycles. The zero-order chi connectivity index (χ0) is 9.78. The molecule has 1 atom stereocenters. The first-order chi connectivity index (χ1) is 5.46. The van der Waals surface area contributed by atoms with E-state index in [1.807, 2.05) is 0 Å². The fraction of sp³-hybridized carbons (Fsp3) is 0.571. The maximum absolute atomic E-state index is 10.8. The van der Waals surface area contributed by atoms with Crippen LogP contribution in [0.3, 0.4) is 0 Å². The predicted octanol–water partition coefficient (Wildman–Crippen LogP) is -1.63. The third-order valence-corrected chi connectivity index (χ3v) is 1.27. The van der Waals surface area contributed by atoms with Crippen molar-refractivity contribution in [2.24, 2.45) is 0 Å². The minimum absolute atomic E-state index is 0.484. The summed E-state index contributed by atoms with van der Waals surface area (Å²) in [6.07, 6.45) is 0.410. The second-order valence-corrected chi connectivity index (χ2v) is 2.42. The molecule has 0 saturated carbocycles. The van der Waals surface area contributed by atoms with E-state index in [0.29, 0.717) is 0 Å². The van der Waals surface area contributed by atoms with E-state index in [0.717, 1.165) is 13.2 Å². The zero-order valence-electron chi connectivity index (χ0n) is 6.53. The smallest absolute Gasteiger partial charge is 0.243 e. The van der Waals surface area contributed by atoms with Crippen molar-refractivity contribution in [2.75, 3.05) is 6.61 Å². The first-order valence-electron chi connectivity index (χ1n) is 3.21. The molecule has 0 aliphatic heterocycles. The topological polar surface area (TPSA) is 91.7 Å². The Morgan fingerprint density at radius 2 is 2.00 bits per heavy atom. The maximum Gasteiger partial charge on any atom is 0.243 e. The fourth-order valence-electron chi connectivity index (χ4n) is 0.550. The van der Waals surface area contributed by atoms with E-state index >= 15 is 0 Å². The van der Waals surface area contributed by atoms with Crippen LogP contribution in [0, 0.1) is 0 Å². The molecule has 2 N–H and O–H groups in total. The van der Waals surface area contributed by atoms with Crippen LogP contribution in [-0.4, -0.2) is 40.3 Å². The lowest BCUT2D eigenvalue weighted by Gasteiger charge is -2.14. The SMILES string of the molecule is CC(=O)CC(=O)C(O)([C]=O)CO. The number of Topliss-reactive ketones (excluding diaryl/α,β-unsaturated/α-hetero) is 2. The van der Waals surface area contributed by atoms with Gasteiger partial charge in [0.2, 0.25) is 11.9 Å². The Morgan fingerprint density at radius 1 is 1.50 bits per heavy atom. The van der Waals surface area contributed by atoms with Crippen molar-refractivity contribution in [3.8, 4) is 0 Å². The Morgan fingerprint density at radius 3 is 2.25 bits per heavy atom. The van der Waals surface area contributed by atoms with E-state index in [4.69, 9.17) is 10.2 Å². The molecule has 67 valence electrons. The van der Waals surface area contributed by atoms with E-state index in [-0.39, 0.29) is 0 Å². The normalized spacial score (nSPS) is 14.9. The third-order valence-electron chi connectivity index (χ3n) is 1.27. The molecule has 0 aromatic rings. The van der Waals surface area contributed by atoms with Crippen molar-refractivity contribution in [1.82, 2.24) is 0 Å². The largest absolute Gasteiger partial charge is 0.392 e. The first-order valence-corrected chi connectivity index (χ1v) is 3.21. The zero-order valence-corrected chi connectivity index (χ0v) is 6.53. The first kappa shape index (κ1) is 10.9. The molecule has 0 heterocycles. The molecule has 0 rings (SSSR count). The van der Waals surface area contributed by atoms with Gasteiger partial charge < -0.3 is 10.2 Å². The molecule has 0 fully saturated rings. The molecule has 5 nitrogen and oxygen atoms in total. The van der Waals surface area contributed by atoms with Crippen LogP contribution in [-0.2, 0) is 14.4 Å². The lowest BCUT2D eigenvalue weighted by molar-refractivity contribution is -0.137. The summed E-state index contributed by atoms with van der Waals surface area (Å²) in [5.41, 5.74) is -2.54. The van der Waals surface area contributed by atoms with Crippen molar-refractivity contribution in [3.05, 3.63) is 0 Å². The molecule has 1 radical (unpaired) electrons. The van der Waals surface area contributed by atoms with Crippen LogP contribution in [0.1, 0.15) is 13.3 Å². The van der Waals surface area contributed by atoms with Gasteiger partial charge in [-0.15, -0.1) is 0 Å². The van der Waals surface area contributed by atoms with Crippen LogP contribution in [0.5, 0.6) is 0 Å². The van der Waals surface area contributed by atoms with Crippen molar-refractivity contribution in [2.45, 2.75) is 18.9 Å². The number of carbonyl (C=O) groups excluding carboxylic acids is 3. The number of carbonyl (C=O) groups is 2. The van der Waals surface area contributed by atoms with Gasteiger partial charge in [0.15, 0.2) is 5.78 Å². The average Bonchev–Trinajstić information content (AvgIpc) is 2.02. The monoisotopic (exact) mass is 173 g/mol. The average molecular weight is 173 g/mol. The molecule has 0 amide bonds. The Hall–Kier alpha value is -1.07. The number of rotatable bonds is 5. The highest BCUT2D eigenvalue weighted by Gasteiger charge is 2.36. The minimum atomic E-state index is -2.54. The molecule has 12 heavy (non-hydrogen) atoms. The summed E-state index contributed by atoms with van der Waals surface area (Å²) in [4.78, 5) is 31.2. The van der Waals surface area contributed by atoms with Crippen LogP contribution >= 0.6 is 0 Å². The molecular weight excluding hydrogens is 164 g/mol. The van der Waals surface area contributed by atoms with E-state index in [9.17, 15) is 14.4 Å². The van der Waals surface area contributed by atoms with Gasteiger partial charge in [-0.25, -0.2) is 0 Å². The van der Waals surface area contributed by atoms with E-state index < -0.39 is 30.2 Å². The Balaban J connectivity index is 4.42. The standard InChI is InChI=1S/C7H9O5/c1-5(10)2-6(11)7(12,3-8)4-9/h8,12H,2-3H2,1H3. The van der Waals surface area contributed by atoms with Gasteiger partial charge in [0, 0.05) is 0 Å². The van der Waals surface area contributed by atoms with Crippen LogP contribution in [0.25, 0.3) is 0 Å². The third kappa shape index (κ3) is 2.52. The van der Waals surface area contributed by atoms with Gasteiger partial charge in [-0.1, -0.05) is 0 Å². The van der Waals surface area contributed by atoms with Crippen LogP contribution in [0.2, 0.25) is 0 Å². The number of aliphatic hydroxyl groups is 2. The van der Waals surface area contributed by atoms with Gasteiger partial charge in [-0.05, 0) is 6.92 Å². The van der Waals surface area contributed by atoms with E-state index in [1.54, 1.807) is 0 Å². The van der Waals surface area contributed by atoms with Crippen LogP contribution in [0.4, 0.5) is 0 Å². The molecule has 0 saturated heterocycles. The highest BCUT2D eigenvalue weighted by atomic mass is 16.3. The van der Waals surface area contributed by atoms with Gasteiger partial charge in [0.25, 0.3) is 0 Å². The summed E-state index contributed by atoms with van der Waals surface area (Å²) >= 11 is 0. The van der Waals surface area contributed by atoms with Crippen molar-refractivity contribution in [3.63, 3.8) is 0 Å². The highest BCUT2D eigenvalue weighted by Crippen LogP contribution is 2.04. The summed E-state index contributed by atoms with van der Waals surface area (Å²) in [5, 5.41) is 17.4. The number of hydrogen-bond donors (Lipinski definition) is 2. The Kier molecular flexibility index (Phi) is 3.72. The molecular formula is C7H9O5. The lowest BCUT2D eigenvalue weighted by Crippen LogP contribution is -2.44. The summed E-state index contributed by atoms with van der Waals surface area (Å²) in [7, 11) is 0. The summed E-state index contributed by atoms with van der Waals surface area (Å²) in [6, 6.07) is 0. The van der Waals surface area contributed by atoms with Gasteiger partial charge in [0.1, 0.15) is 5.78 Å². The van der Waals surface area contributed by atoms with Gasteiger partial charge in [-0.2, -0.15) is 0 Å². The molecule has 5 heteroatoms. The van der Waals surface area contributed by atoms with Gasteiger partial charge in [-0.3, -0.25) is 14.4 Å². The molecule has 0 aliphatic rings. The number of hydrogen-bond acceptors (Lipinski definition) is 5. The van der Waals surface area contributed by atoms with E-state index in [1.165, 1.54) is 0 Å². The van der Waals surface area contributed by atoms with Crippen LogP contribution in [0.15, 0.2) is 0 Å². The van der Waals surface area contributed by atoms with Crippen molar-refractivity contribution < 1.29 is 24.6 Å². The fourth-order valence-corrected chi connectivity index (χ4v) is 0.550. The number of ketones is 2. The second kappa shape index (κ2) is 4.08.